The molecule has 0 bridgehead atoms. The third-order valence-corrected chi connectivity index (χ3v) is 5.39. The highest BCUT2D eigenvalue weighted by molar-refractivity contribution is 7.91. The van der Waals surface area contributed by atoms with Gasteiger partial charge >= 0.3 is 0 Å². The largest absolute Gasteiger partial charge is 0.356 e. The monoisotopic (exact) mass is 297 g/mol. The molecule has 0 radical (unpaired) electrons. The summed E-state index contributed by atoms with van der Waals surface area (Å²) in [6.45, 7) is 3.85. The van der Waals surface area contributed by atoms with Crippen LogP contribution in [0.4, 0.5) is 5.82 Å². The van der Waals surface area contributed by atoms with Gasteiger partial charge in [-0.2, -0.15) is 0 Å². The Morgan fingerprint density at radius 1 is 1.45 bits per heavy atom. The SMILES string of the molecule is CCCNCc1cccc(N(C)C2CCS(=O)(=O)C2)n1. The molecule has 1 N–H and O–H groups in total. The maximum absolute atomic E-state index is 11.6. The van der Waals surface area contributed by atoms with Crippen molar-refractivity contribution in [2.45, 2.75) is 32.4 Å². The number of hydrogen-bond acceptors (Lipinski definition) is 5. The van der Waals surface area contributed by atoms with Gasteiger partial charge in [0.25, 0.3) is 0 Å². The average molecular weight is 297 g/mol. The maximum atomic E-state index is 11.6. The van der Waals surface area contributed by atoms with Crippen LogP contribution < -0.4 is 10.2 Å². The van der Waals surface area contributed by atoms with Crippen molar-refractivity contribution < 1.29 is 8.42 Å². The first kappa shape index (κ1) is 15.3. The van der Waals surface area contributed by atoms with Gasteiger partial charge < -0.3 is 10.2 Å². The van der Waals surface area contributed by atoms with Gasteiger partial charge in [-0.3, -0.25) is 0 Å². The summed E-state index contributed by atoms with van der Waals surface area (Å²) >= 11 is 0. The second kappa shape index (κ2) is 6.54. The Hall–Kier alpha value is -1.14. The van der Waals surface area contributed by atoms with Crippen LogP contribution in [0, 0.1) is 0 Å². The molecule has 0 aromatic carbocycles. The molecule has 2 rings (SSSR count). The van der Waals surface area contributed by atoms with Crippen molar-refractivity contribution in [2.24, 2.45) is 0 Å². The standard InChI is InChI=1S/C14H23N3O2S/c1-3-8-15-10-12-5-4-6-14(16-12)17(2)13-7-9-20(18,19)11-13/h4-6,13,15H,3,7-11H2,1-2H3. The molecule has 1 atom stereocenters. The summed E-state index contributed by atoms with van der Waals surface area (Å²) in [5.41, 5.74) is 0.989. The van der Waals surface area contributed by atoms with Crippen LogP contribution in [0.5, 0.6) is 0 Å². The molecule has 5 nitrogen and oxygen atoms in total. The lowest BCUT2D eigenvalue weighted by molar-refractivity contribution is 0.600. The predicted molar refractivity (Wildman–Crippen MR) is 81.7 cm³/mol. The van der Waals surface area contributed by atoms with E-state index in [0.29, 0.717) is 12.2 Å². The van der Waals surface area contributed by atoms with Crippen molar-refractivity contribution in [2.75, 3.05) is 30.0 Å². The molecule has 112 valence electrons. The molecule has 1 aliphatic heterocycles. The van der Waals surface area contributed by atoms with E-state index in [-0.39, 0.29) is 11.8 Å². The minimum absolute atomic E-state index is 0.0475. The van der Waals surface area contributed by atoms with Gasteiger partial charge in [0, 0.05) is 19.6 Å². The number of nitrogens with zero attached hydrogens (tertiary/aromatic N) is 2. The Labute approximate surface area is 121 Å². The van der Waals surface area contributed by atoms with Gasteiger partial charge in [0.1, 0.15) is 5.82 Å². The summed E-state index contributed by atoms with van der Waals surface area (Å²) in [5, 5.41) is 3.32. The third kappa shape index (κ3) is 3.93. The van der Waals surface area contributed by atoms with Gasteiger partial charge in [-0.05, 0) is 31.5 Å². The summed E-state index contributed by atoms with van der Waals surface area (Å²) in [5.74, 6) is 1.38. The van der Waals surface area contributed by atoms with E-state index in [2.05, 4.69) is 17.2 Å². The highest BCUT2D eigenvalue weighted by Crippen LogP contribution is 2.21. The zero-order chi connectivity index (χ0) is 14.6. The molecule has 1 aliphatic rings. The zero-order valence-electron chi connectivity index (χ0n) is 12.2. The molecule has 0 amide bonds. The molecular weight excluding hydrogens is 274 g/mol. The summed E-state index contributed by atoms with van der Waals surface area (Å²) < 4.78 is 23.1. The third-order valence-electron chi connectivity index (χ3n) is 3.64. The molecule has 1 unspecified atom stereocenters. The van der Waals surface area contributed by atoms with E-state index in [4.69, 9.17) is 0 Å². The lowest BCUT2D eigenvalue weighted by atomic mass is 10.2. The molecule has 1 fully saturated rings. The minimum atomic E-state index is -2.86. The zero-order valence-corrected chi connectivity index (χ0v) is 13.0. The maximum Gasteiger partial charge on any atom is 0.152 e. The first-order valence-corrected chi connectivity index (χ1v) is 8.94. The van der Waals surface area contributed by atoms with Crippen LogP contribution in [0.25, 0.3) is 0 Å². The molecule has 20 heavy (non-hydrogen) atoms. The Kier molecular flexibility index (Phi) is 4.99. The van der Waals surface area contributed by atoms with Gasteiger partial charge in [0.05, 0.1) is 17.2 Å². The smallest absolute Gasteiger partial charge is 0.152 e. The predicted octanol–water partition coefficient (Wildman–Crippen LogP) is 1.20. The number of aromatic nitrogens is 1. The number of nitrogens with one attached hydrogen (secondary N) is 1. The normalized spacial score (nSPS) is 21.0. The van der Waals surface area contributed by atoms with E-state index in [1.54, 1.807) is 0 Å². The number of anilines is 1. The van der Waals surface area contributed by atoms with Crippen molar-refractivity contribution in [1.82, 2.24) is 10.3 Å². The van der Waals surface area contributed by atoms with Crippen LogP contribution in [-0.2, 0) is 16.4 Å². The van der Waals surface area contributed by atoms with Crippen molar-refractivity contribution in [1.29, 1.82) is 0 Å². The van der Waals surface area contributed by atoms with Gasteiger partial charge in [-0.1, -0.05) is 13.0 Å². The minimum Gasteiger partial charge on any atom is -0.356 e. The molecule has 0 aliphatic carbocycles. The van der Waals surface area contributed by atoms with Gasteiger partial charge in [0.2, 0.25) is 0 Å². The fourth-order valence-electron chi connectivity index (χ4n) is 2.42. The van der Waals surface area contributed by atoms with E-state index < -0.39 is 9.84 Å². The second-order valence-electron chi connectivity index (χ2n) is 5.33. The summed E-state index contributed by atoms with van der Waals surface area (Å²) in [6, 6.07) is 5.96. The number of pyridine rings is 1. The molecule has 0 spiro atoms. The molecule has 0 saturated carbocycles. The number of hydrogen-bond donors (Lipinski definition) is 1. The highest BCUT2D eigenvalue weighted by Gasteiger charge is 2.31. The quantitative estimate of drug-likeness (QED) is 0.800. The van der Waals surface area contributed by atoms with Crippen LogP contribution in [-0.4, -0.2) is 44.5 Å². The topological polar surface area (TPSA) is 62.3 Å². The molecule has 1 saturated heterocycles. The van der Waals surface area contributed by atoms with E-state index in [9.17, 15) is 8.42 Å². The van der Waals surface area contributed by atoms with E-state index in [0.717, 1.165) is 31.0 Å². The number of sulfone groups is 1. The van der Waals surface area contributed by atoms with Crippen LogP contribution in [0.3, 0.4) is 0 Å². The lowest BCUT2D eigenvalue weighted by Crippen LogP contribution is -2.33. The molecule has 1 aromatic heterocycles. The molecular formula is C14H23N3O2S. The highest BCUT2D eigenvalue weighted by atomic mass is 32.2. The Morgan fingerprint density at radius 3 is 2.90 bits per heavy atom. The van der Waals surface area contributed by atoms with Crippen molar-refractivity contribution in [3.63, 3.8) is 0 Å². The van der Waals surface area contributed by atoms with Gasteiger partial charge in [-0.15, -0.1) is 0 Å². The van der Waals surface area contributed by atoms with Gasteiger partial charge in [-0.25, -0.2) is 13.4 Å². The second-order valence-corrected chi connectivity index (χ2v) is 7.56. The van der Waals surface area contributed by atoms with Crippen LogP contribution >= 0.6 is 0 Å². The van der Waals surface area contributed by atoms with Crippen molar-refractivity contribution in [3.05, 3.63) is 23.9 Å². The van der Waals surface area contributed by atoms with E-state index >= 15 is 0 Å². The van der Waals surface area contributed by atoms with Crippen LogP contribution in [0.2, 0.25) is 0 Å². The first-order valence-electron chi connectivity index (χ1n) is 7.12. The molecule has 2 heterocycles. The number of rotatable bonds is 6. The van der Waals surface area contributed by atoms with Crippen LogP contribution in [0.15, 0.2) is 18.2 Å². The fourth-order valence-corrected chi connectivity index (χ4v) is 4.20. The van der Waals surface area contributed by atoms with Crippen LogP contribution in [0.1, 0.15) is 25.5 Å². The van der Waals surface area contributed by atoms with E-state index in [1.807, 2.05) is 30.1 Å². The van der Waals surface area contributed by atoms with Gasteiger partial charge in [0.15, 0.2) is 9.84 Å². The Balaban J connectivity index is 2.03. The molecule has 6 heteroatoms. The first-order chi connectivity index (χ1) is 9.52. The van der Waals surface area contributed by atoms with Crippen molar-refractivity contribution in [3.8, 4) is 0 Å². The summed E-state index contributed by atoms with van der Waals surface area (Å²) in [6.07, 6.45) is 1.79. The van der Waals surface area contributed by atoms with E-state index in [1.165, 1.54) is 0 Å². The summed E-state index contributed by atoms with van der Waals surface area (Å²) in [7, 11) is -0.930. The lowest BCUT2D eigenvalue weighted by Gasteiger charge is -2.24. The van der Waals surface area contributed by atoms with Crippen molar-refractivity contribution >= 4 is 15.7 Å². The molecule has 1 aromatic rings. The fraction of sp³-hybridized carbons (Fsp3) is 0.643. The Bertz CT molecular complexity index is 545. The summed E-state index contributed by atoms with van der Waals surface area (Å²) in [4.78, 5) is 6.60. The Morgan fingerprint density at radius 2 is 2.25 bits per heavy atom. The average Bonchev–Trinajstić information content (AvgIpc) is 2.79.